The molecule has 3 nitrogen and oxygen atoms in total. The minimum Gasteiger partial charge on any atom is -0.396 e. The average Bonchev–Trinajstić information content (AvgIpc) is 2.07. The molecular weight excluding hydrogens is 152 g/mol. The van der Waals surface area contributed by atoms with Gasteiger partial charge in [-0.25, -0.2) is 0 Å². The summed E-state index contributed by atoms with van der Waals surface area (Å²) in [5.41, 5.74) is 1.37. The molecule has 3 aliphatic rings. The van der Waals surface area contributed by atoms with Gasteiger partial charge in [0.05, 0.1) is 0 Å². The highest BCUT2D eigenvalue weighted by Gasteiger charge is 2.29. The maximum absolute atomic E-state index is 8.85. The largest absolute Gasteiger partial charge is 0.396 e. The van der Waals surface area contributed by atoms with Gasteiger partial charge in [0.25, 0.3) is 0 Å². The molecule has 1 N–H and O–H groups in total. The molecule has 0 aromatic heterocycles. The lowest BCUT2D eigenvalue weighted by molar-refractivity contribution is 0.0856. The van der Waals surface area contributed by atoms with E-state index in [0.29, 0.717) is 12.6 Å². The number of hydrogen-bond donors (Lipinski definition) is 1. The van der Waals surface area contributed by atoms with Crippen molar-refractivity contribution in [2.75, 3.05) is 26.2 Å². The summed E-state index contributed by atoms with van der Waals surface area (Å²) in [5, 5.41) is 8.85. The third-order valence-corrected chi connectivity index (χ3v) is 2.84. The number of fused-ring (bicyclic) bond motifs is 2. The van der Waals surface area contributed by atoms with E-state index in [9.17, 15) is 0 Å². The summed E-state index contributed by atoms with van der Waals surface area (Å²) in [7, 11) is 0. The number of aliphatic hydroxyl groups is 1. The van der Waals surface area contributed by atoms with E-state index in [1.54, 1.807) is 0 Å². The second-order valence-corrected chi connectivity index (χ2v) is 3.62. The molecule has 0 amide bonds. The fourth-order valence-electron chi connectivity index (χ4n) is 2.09. The first-order chi connectivity index (χ1) is 5.81. The van der Waals surface area contributed by atoms with Crippen molar-refractivity contribution in [2.45, 2.75) is 19.4 Å². The topological polar surface area (TPSA) is 26.7 Å². The standard InChI is InChI=1S/C9H16N2O/c1-8-6-11-4-3-10(8)7-9(11)2-5-12/h6,9,12H,2-5,7H2,1H3. The van der Waals surface area contributed by atoms with E-state index in [1.807, 2.05) is 0 Å². The van der Waals surface area contributed by atoms with Crippen LogP contribution in [0.25, 0.3) is 0 Å². The molecule has 0 radical (unpaired) electrons. The van der Waals surface area contributed by atoms with E-state index in [2.05, 4.69) is 22.9 Å². The van der Waals surface area contributed by atoms with Gasteiger partial charge >= 0.3 is 0 Å². The van der Waals surface area contributed by atoms with E-state index < -0.39 is 0 Å². The molecule has 3 aliphatic heterocycles. The Morgan fingerprint density at radius 2 is 2.42 bits per heavy atom. The summed E-state index contributed by atoms with van der Waals surface area (Å²) in [6.07, 6.45) is 3.12. The zero-order chi connectivity index (χ0) is 8.55. The number of allylic oxidation sites excluding steroid dienone is 1. The van der Waals surface area contributed by atoms with Gasteiger partial charge in [-0.3, -0.25) is 0 Å². The smallest absolute Gasteiger partial charge is 0.0482 e. The molecule has 2 bridgehead atoms. The molecule has 1 atom stereocenters. The summed E-state index contributed by atoms with van der Waals surface area (Å²) in [6, 6.07) is 0.549. The van der Waals surface area contributed by atoms with Crippen LogP contribution in [0.4, 0.5) is 0 Å². The lowest BCUT2D eigenvalue weighted by Crippen LogP contribution is -2.54. The quantitative estimate of drug-likeness (QED) is 0.639. The van der Waals surface area contributed by atoms with Crippen molar-refractivity contribution < 1.29 is 5.11 Å². The van der Waals surface area contributed by atoms with Crippen molar-refractivity contribution >= 4 is 0 Å². The van der Waals surface area contributed by atoms with Crippen LogP contribution in [0.5, 0.6) is 0 Å². The lowest BCUT2D eigenvalue weighted by atomic mass is 10.1. The molecule has 0 aromatic rings. The molecule has 0 aromatic carbocycles. The van der Waals surface area contributed by atoms with Crippen LogP contribution < -0.4 is 0 Å². The predicted octanol–water partition coefficient (Wildman–Crippen LogP) is 0.230. The Bertz CT molecular complexity index is 203. The minimum atomic E-state index is 0.307. The van der Waals surface area contributed by atoms with Crippen LogP contribution in [0.3, 0.4) is 0 Å². The number of aliphatic hydroxyl groups excluding tert-OH is 1. The highest BCUT2D eigenvalue weighted by atomic mass is 16.3. The van der Waals surface area contributed by atoms with Crippen LogP contribution in [0.15, 0.2) is 11.9 Å². The Hall–Kier alpha value is -0.700. The van der Waals surface area contributed by atoms with Crippen LogP contribution >= 0.6 is 0 Å². The van der Waals surface area contributed by atoms with Gasteiger partial charge in [-0.1, -0.05) is 0 Å². The Balaban J connectivity index is 2.07. The molecular formula is C9H16N2O. The lowest BCUT2D eigenvalue weighted by Gasteiger charge is -2.47. The zero-order valence-corrected chi connectivity index (χ0v) is 7.53. The molecule has 1 saturated heterocycles. The molecule has 3 heterocycles. The molecule has 3 heteroatoms. The van der Waals surface area contributed by atoms with Crippen LogP contribution in [-0.4, -0.2) is 47.2 Å². The fourth-order valence-corrected chi connectivity index (χ4v) is 2.09. The van der Waals surface area contributed by atoms with Crippen molar-refractivity contribution in [1.82, 2.24) is 9.80 Å². The molecule has 1 unspecified atom stereocenters. The van der Waals surface area contributed by atoms with Gasteiger partial charge < -0.3 is 14.9 Å². The zero-order valence-electron chi connectivity index (χ0n) is 7.53. The second kappa shape index (κ2) is 2.98. The Kier molecular flexibility index (Phi) is 1.97. The summed E-state index contributed by atoms with van der Waals surface area (Å²) >= 11 is 0. The monoisotopic (exact) mass is 168 g/mol. The molecule has 1 fully saturated rings. The van der Waals surface area contributed by atoms with Gasteiger partial charge in [0.2, 0.25) is 0 Å². The van der Waals surface area contributed by atoms with Gasteiger partial charge in [-0.2, -0.15) is 0 Å². The highest BCUT2D eigenvalue weighted by Crippen LogP contribution is 2.23. The van der Waals surface area contributed by atoms with Crippen molar-refractivity contribution in [1.29, 1.82) is 0 Å². The number of hydrogen-bond acceptors (Lipinski definition) is 3. The second-order valence-electron chi connectivity index (χ2n) is 3.62. The third-order valence-electron chi connectivity index (χ3n) is 2.84. The molecule has 0 aliphatic carbocycles. The van der Waals surface area contributed by atoms with E-state index in [1.165, 1.54) is 5.70 Å². The van der Waals surface area contributed by atoms with Crippen LogP contribution in [-0.2, 0) is 0 Å². The number of piperazine rings is 1. The van der Waals surface area contributed by atoms with Crippen molar-refractivity contribution in [3.8, 4) is 0 Å². The summed E-state index contributed by atoms with van der Waals surface area (Å²) in [5.74, 6) is 0. The minimum absolute atomic E-state index is 0.307. The van der Waals surface area contributed by atoms with E-state index in [0.717, 1.165) is 26.1 Å². The predicted molar refractivity (Wildman–Crippen MR) is 47.5 cm³/mol. The van der Waals surface area contributed by atoms with Crippen molar-refractivity contribution in [3.63, 3.8) is 0 Å². The Morgan fingerprint density at radius 1 is 1.58 bits per heavy atom. The van der Waals surface area contributed by atoms with Gasteiger partial charge in [0.1, 0.15) is 0 Å². The van der Waals surface area contributed by atoms with E-state index >= 15 is 0 Å². The van der Waals surface area contributed by atoms with Crippen LogP contribution in [0, 0.1) is 0 Å². The molecule has 0 saturated carbocycles. The van der Waals surface area contributed by atoms with E-state index in [-0.39, 0.29) is 0 Å². The van der Waals surface area contributed by atoms with Crippen molar-refractivity contribution in [3.05, 3.63) is 11.9 Å². The summed E-state index contributed by atoms with van der Waals surface area (Å²) < 4.78 is 0. The maximum Gasteiger partial charge on any atom is 0.0482 e. The maximum atomic E-state index is 8.85. The first-order valence-electron chi connectivity index (χ1n) is 4.61. The summed E-state index contributed by atoms with van der Waals surface area (Å²) in [6.45, 7) is 5.85. The van der Waals surface area contributed by atoms with E-state index in [4.69, 9.17) is 5.11 Å². The van der Waals surface area contributed by atoms with Crippen LogP contribution in [0.2, 0.25) is 0 Å². The molecule has 3 rings (SSSR count). The van der Waals surface area contributed by atoms with Gasteiger partial charge in [0, 0.05) is 44.2 Å². The van der Waals surface area contributed by atoms with Crippen molar-refractivity contribution in [2.24, 2.45) is 0 Å². The fraction of sp³-hybridized carbons (Fsp3) is 0.778. The number of nitrogens with zero attached hydrogens (tertiary/aromatic N) is 2. The first-order valence-corrected chi connectivity index (χ1v) is 4.61. The van der Waals surface area contributed by atoms with Crippen LogP contribution in [0.1, 0.15) is 13.3 Å². The molecule has 0 spiro atoms. The number of rotatable bonds is 2. The van der Waals surface area contributed by atoms with Gasteiger partial charge in [0.15, 0.2) is 0 Å². The Labute approximate surface area is 73.3 Å². The highest BCUT2D eigenvalue weighted by molar-refractivity contribution is 5.08. The normalized spacial score (nSPS) is 27.8. The first kappa shape index (κ1) is 7.92. The average molecular weight is 168 g/mol. The van der Waals surface area contributed by atoms with Gasteiger partial charge in [-0.15, -0.1) is 0 Å². The molecule has 12 heavy (non-hydrogen) atoms. The Morgan fingerprint density at radius 3 is 2.92 bits per heavy atom. The summed E-state index contributed by atoms with van der Waals surface area (Å²) in [4.78, 5) is 4.77. The SMILES string of the molecule is CC1=CN2CCN1CC2CCO. The van der Waals surface area contributed by atoms with Gasteiger partial charge in [-0.05, 0) is 13.3 Å². The molecule has 68 valence electrons. The third kappa shape index (κ3) is 1.18.